The fourth-order valence-corrected chi connectivity index (χ4v) is 9.91. The van der Waals surface area contributed by atoms with E-state index in [1.807, 2.05) is 54.6 Å². The average molecular weight is 1020 g/mol. The van der Waals surface area contributed by atoms with Crippen LogP contribution < -0.4 is 25.3 Å². The molecule has 2 atom stereocenters. The largest absolute Gasteiger partial charge is 0.355 e. The first-order chi connectivity index (χ1) is 36.6. The lowest BCUT2D eigenvalue weighted by atomic mass is 10.1. The third kappa shape index (κ3) is 12.0. The standard InChI is InChI=1S/C19H22F2N6.C19H24N6.C16H17FN6.H2/c1-2-5-13-10-27(12-19(20,21)11-23-13)16-8-3-7-15(24-16)17-14-6-4-9-22-18(14)26-25-17;1-2-6-14-13-25(12-5-11-20-14)17-9-3-8-16(22-17)18-15-7-4-10-21-19(15)24-23-18;1-22-7-9-23(10-8-22)13-5-4-12(17)15(19-13)14-11-3-2-6-18-16(11)21-20-14;/h3-4,6-9,13,23H,2,5,10-12H2,1H3,(H,22,25,26);3-4,7-10,14,20H,2,5-6,11-13H2,1H3,(H,21,23,24);2-6H,7-10H2,1H3,(H,18,20,21);1H/t13-;14-;;/m00../s1. The fourth-order valence-electron chi connectivity index (χ4n) is 9.91. The Morgan fingerprint density at radius 1 is 0.573 bits per heavy atom. The van der Waals surface area contributed by atoms with Crippen LogP contribution in [0.2, 0.25) is 0 Å². The van der Waals surface area contributed by atoms with Crippen LogP contribution in [0.5, 0.6) is 0 Å². The second-order valence-electron chi connectivity index (χ2n) is 19.3. The quantitative estimate of drug-likeness (QED) is 0.0874. The molecule has 9 aromatic heterocycles. The Balaban J connectivity index is 0.000000139. The predicted molar refractivity (Wildman–Crippen MR) is 291 cm³/mol. The number of likely N-dealkylation sites (N-methyl/N-ethyl adjacent to an activating group) is 1. The number of pyridine rings is 6. The fraction of sp³-hybridized carbons (Fsp3) is 0.389. The molecule has 3 aliphatic rings. The predicted octanol–water partition coefficient (Wildman–Crippen LogP) is 8.38. The molecule has 9 aromatic rings. The number of nitrogens with one attached hydrogen (secondary N) is 5. The van der Waals surface area contributed by atoms with Crippen molar-refractivity contribution < 1.29 is 14.6 Å². The molecule has 0 amide bonds. The van der Waals surface area contributed by atoms with Crippen LogP contribution in [-0.4, -0.2) is 156 Å². The maximum absolute atomic E-state index is 14.3. The van der Waals surface area contributed by atoms with Crippen LogP contribution in [0.1, 0.15) is 47.4 Å². The van der Waals surface area contributed by atoms with E-state index in [1.54, 1.807) is 35.6 Å². The van der Waals surface area contributed by atoms with Crippen LogP contribution in [0.3, 0.4) is 0 Å². The van der Waals surface area contributed by atoms with Gasteiger partial charge in [-0.25, -0.2) is 43.1 Å². The van der Waals surface area contributed by atoms with Crippen molar-refractivity contribution in [2.24, 2.45) is 0 Å². The van der Waals surface area contributed by atoms with Gasteiger partial charge in [-0.05, 0) is 106 Å². The van der Waals surface area contributed by atoms with Crippen LogP contribution in [0.15, 0.2) is 104 Å². The molecule has 21 heteroatoms. The number of hydrogen-bond acceptors (Lipinski definition) is 15. The number of rotatable bonds is 10. The van der Waals surface area contributed by atoms with Crippen molar-refractivity contribution in [2.75, 3.05) is 87.2 Å². The molecule has 3 fully saturated rings. The summed E-state index contributed by atoms with van der Waals surface area (Å²) in [5.74, 6) is -0.791. The Bertz CT molecular complexity index is 3300. The van der Waals surface area contributed by atoms with Gasteiger partial charge in [-0.1, -0.05) is 38.8 Å². The molecule has 392 valence electrons. The highest BCUT2D eigenvalue weighted by molar-refractivity contribution is 5.91. The molecule has 0 aliphatic carbocycles. The molecule has 75 heavy (non-hydrogen) atoms. The summed E-state index contributed by atoms with van der Waals surface area (Å²) in [5, 5.41) is 30.8. The van der Waals surface area contributed by atoms with Crippen molar-refractivity contribution in [1.29, 1.82) is 0 Å². The number of halogens is 3. The molecule has 5 N–H and O–H groups in total. The molecule has 0 radical (unpaired) electrons. The molecule has 0 spiro atoms. The van der Waals surface area contributed by atoms with Crippen LogP contribution in [0.4, 0.5) is 30.6 Å². The summed E-state index contributed by atoms with van der Waals surface area (Å²) < 4.78 is 42.8. The summed E-state index contributed by atoms with van der Waals surface area (Å²) in [6.45, 7) is 11.0. The van der Waals surface area contributed by atoms with E-state index in [9.17, 15) is 13.2 Å². The first kappa shape index (κ1) is 50.9. The first-order valence-corrected chi connectivity index (χ1v) is 25.9. The van der Waals surface area contributed by atoms with E-state index in [1.165, 1.54) is 18.9 Å². The summed E-state index contributed by atoms with van der Waals surface area (Å²) in [6.07, 6.45) is 10.4. The summed E-state index contributed by atoms with van der Waals surface area (Å²) in [6, 6.07) is 26.8. The summed E-state index contributed by atoms with van der Waals surface area (Å²) in [7, 11) is 2.10. The zero-order valence-electron chi connectivity index (χ0n) is 42.5. The Morgan fingerprint density at radius 3 is 1.68 bits per heavy atom. The highest BCUT2D eigenvalue weighted by atomic mass is 19.3. The normalized spacial score (nSPS) is 18.3. The molecule has 12 heterocycles. The second-order valence-corrected chi connectivity index (χ2v) is 19.3. The van der Waals surface area contributed by atoms with Gasteiger partial charge in [-0.15, -0.1) is 0 Å². The lowest BCUT2D eigenvalue weighted by Crippen LogP contribution is -2.44. The first-order valence-electron chi connectivity index (χ1n) is 25.9. The van der Waals surface area contributed by atoms with Crippen molar-refractivity contribution in [3.8, 4) is 34.2 Å². The summed E-state index contributed by atoms with van der Waals surface area (Å²) in [4.78, 5) is 35.3. The number of H-pyrrole nitrogens is 3. The molecular weight excluding hydrogens is 958 g/mol. The lowest BCUT2D eigenvalue weighted by molar-refractivity contribution is 0.0143. The smallest absolute Gasteiger partial charge is 0.277 e. The third-order valence-corrected chi connectivity index (χ3v) is 13.8. The molecule has 18 nitrogen and oxygen atoms in total. The van der Waals surface area contributed by atoms with Gasteiger partial charge in [0.2, 0.25) is 0 Å². The number of hydrogen-bond donors (Lipinski definition) is 5. The zero-order valence-corrected chi connectivity index (χ0v) is 42.5. The minimum absolute atomic E-state index is 0. The van der Waals surface area contributed by atoms with Crippen molar-refractivity contribution >= 4 is 50.6 Å². The van der Waals surface area contributed by atoms with E-state index in [0.29, 0.717) is 41.1 Å². The molecule has 3 aliphatic heterocycles. The van der Waals surface area contributed by atoms with Gasteiger partial charge < -0.3 is 30.2 Å². The number of nitrogens with zero attached hydrogens (tertiary/aromatic N) is 13. The molecule has 0 unspecified atom stereocenters. The topological polar surface area (TPSA) is 200 Å². The lowest BCUT2D eigenvalue weighted by Gasteiger charge is -2.33. The van der Waals surface area contributed by atoms with Gasteiger partial charge in [-0.2, -0.15) is 15.3 Å². The van der Waals surface area contributed by atoms with E-state index < -0.39 is 5.92 Å². The number of alkyl halides is 2. The molecule has 0 bridgehead atoms. The minimum atomic E-state index is -2.80. The number of fused-ring (bicyclic) bond motifs is 3. The summed E-state index contributed by atoms with van der Waals surface area (Å²) in [5.41, 5.74) is 6.01. The minimum Gasteiger partial charge on any atom is -0.355 e. The Kier molecular flexibility index (Phi) is 15.8. The van der Waals surface area contributed by atoms with Gasteiger partial charge in [0.15, 0.2) is 22.8 Å². The molecule has 0 aromatic carbocycles. The number of piperazine rings is 1. The van der Waals surface area contributed by atoms with Crippen molar-refractivity contribution in [2.45, 2.75) is 64.0 Å². The number of anilines is 3. The van der Waals surface area contributed by atoms with Crippen LogP contribution in [0, 0.1) is 5.82 Å². The highest BCUT2D eigenvalue weighted by Crippen LogP contribution is 2.31. The summed E-state index contributed by atoms with van der Waals surface area (Å²) >= 11 is 0. The van der Waals surface area contributed by atoms with E-state index >= 15 is 0 Å². The molecule has 12 rings (SSSR count). The van der Waals surface area contributed by atoms with Gasteiger partial charge in [0.05, 0.1) is 41.6 Å². The number of aromatic amines is 3. The van der Waals surface area contributed by atoms with Crippen molar-refractivity contribution in [3.63, 3.8) is 0 Å². The maximum Gasteiger partial charge on any atom is 0.277 e. The van der Waals surface area contributed by atoms with Crippen molar-refractivity contribution in [3.05, 3.63) is 109 Å². The second kappa shape index (κ2) is 23.3. The van der Waals surface area contributed by atoms with Crippen LogP contribution in [0.25, 0.3) is 67.3 Å². The van der Waals surface area contributed by atoms with E-state index in [0.717, 1.165) is 116 Å². The molecule has 3 saturated heterocycles. The van der Waals surface area contributed by atoms with E-state index in [2.05, 4.69) is 114 Å². The highest BCUT2D eigenvalue weighted by Gasteiger charge is 2.37. The van der Waals surface area contributed by atoms with E-state index in [-0.39, 0.29) is 32.1 Å². The van der Waals surface area contributed by atoms with Gasteiger partial charge in [0, 0.05) is 94.1 Å². The monoisotopic (exact) mass is 1020 g/mol. The zero-order chi connectivity index (χ0) is 51.7. The van der Waals surface area contributed by atoms with Gasteiger partial charge in [0.1, 0.15) is 23.1 Å². The van der Waals surface area contributed by atoms with Crippen LogP contribution in [-0.2, 0) is 0 Å². The Hall–Kier alpha value is -7.62. The Morgan fingerprint density at radius 2 is 1.09 bits per heavy atom. The Labute approximate surface area is 434 Å². The van der Waals surface area contributed by atoms with Gasteiger partial charge in [0.25, 0.3) is 5.92 Å². The molecule has 0 saturated carbocycles. The SMILES string of the molecule is CCC[C@H]1CN(c2cccc(-c3[nH]nc4ncccc34)n2)CC(F)(F)CN1.CCC[C@H]1CN(c2cccc(-c3[nH]nc4ncccc34)n2)CCCN1.CN1CCN(c2ccc(F)c(-c3[nH]nc4ncccc34)n2)CC1.[HH]. The van der Waals surface area contributed by atoms with Crippen LogP contribution >= 0.6 is 0 Å². The maximum atomic E-state index is 14.3. The van der Waals surface area contributed by atoms with Gasteiger partial charge >= 0.3 is 0 Å². The van der Waals surface area contributed by atoms with Gasteiger partial charge in [-0.3, -0.25) is 15.3 Å². The number of aromatic nitrogens is 12. The average Bonchev–Trinajstić information content (AvgIpc) is 4.13. The van der Waals surface area contributed by atoms with Crippen molar-refractivity contribution in [1.82, 2.24) is 76.0 Å². The van der Waals surface area contributed by atoms with E-state index in [4.69, 9.17) is 4.98 Å². The molecular formula is C54H65F3N18. The third-order valence-electron chi connectivity index (χ3n) is 13.8.